The van der Waals surface area contributed by atoms with E-state index < -0.39 is 0 Å². The summed E-state index contributed by atoms with van der Waals surface area (Å²) in [5.41, 5.74) is 2.54. The van der Waals surface area contributed by atoms with Gasteiger partial charge in [-0.1, -0.05) is 0 Å². The predicted molar refractivity (Wildman–Crippen MR) is 54.5 cm³/mol. The van der Waals surface area contributed by atoms with Crippen LogP contribution in [0.3, 0.4) is 0 Å². The summed E-state index contributed by atoms with van der Waals surface area (Å²) in [6, 6.07) is 0. The number of nitrogens with zero attached hydrogens (tertiary/aromatic N) is 1. The monoisotopic (exact) mass is 241 g/mol. The maximum atomic E-state index is 6.25. The van der Waals surface area contributed by atoms with Crippen molar-refractivity contribution in [3.05, 3.63) is 43.7 Å². The van der Waals surface area contributed by atoms with Gasteiger partial charge in [0.2, 0.25) is 0 Å². The van der Waals surface area contributed by atoms with Crippen molar-refractivity contribution < 1.29 is 54.8 Å². The molecule has 0 unspecified atom stereocenters. The van der Waals surface area contributed by atoms with E-state index >= 15 is 0 Å². The molecule has 0 aromatic carbocycles. The molecule has 0 aliphatic rings. The molecule has 15 heavy (non-hydrogen) atoms. The Morgan fingerprint density at radius 2 is 0.933 bits per heavy atom. The molecule has 0 bridgehead atoms. The molecule has 0 aliphatic carbocycles. The van der Waals surface area contributed by atoms with Crippen LogP contribution in [0.15, 0.2) is 23.3 Å². The Balaban J connectivity index is -0.0000000197. The fourth-order valence-corrected chi connectivity index (χ4v) is 0. The van der Waals surface area contributed by atoms with Crippen molar-refractivity contribution in [3.8, 4) is 0 Å². The second kappa shape index (κ2) is 36.6. The fourth-order valence-electron chi connectivity index (χ4n) is 0. The molecule has 0 amide bonds. The van der Waals surface area contributed by atoms with E-state index in [0.717, 1.165) is 0 Å². The van der Waals surface area contributed by atoms with E-state index in [1.165, 1.54) is 11.1 Å². The zero-order valence-corrected chi connectivity index (χ0v) is 11.8. The molecular formula is C11H18CuLi2N. The second-order valence-electron chi connectivity index (χ2n) is 2.56. The Hall–Kier alpha value is 0.424. The number of hydrogen-bond donors (Lipinski definition) is 0. The van der Waals surface area contributed by atoms with Crippen LogP contribution in [0.25, 0.3) is 0 Å². The first-order chi connectivity index (χ1) is 5.54. The van der Waals surface area contributed by atoms with Crippen LogP contribution in [0.4, 0.5) is 0 Å². The van der Waals surface area contributed by atoms with Crippen LogP contribution in [-0.2, 0) is 17.1 Å². The van der Waals surface area contributed by atoms with Crippen molar-refractivity contribution in [1.29, 1.82) is 5.26 Å². The van der Waals surface area contributed by atoms with Crippen molar-refractivity contribution in [3.63, 3.8) is 0 Å². The van der Waals surface area contributed by atoms with Crippen LogP contribution in [0, 0.1) is 25.7 Å². The second-order valence-corrected chi connectivity index (χ2v) is 2.56. The van der Waals surface area contributed by atoms with Gasteiger partial charge in [0.05, 0.1) is 0 Å². The van der Waals surface area contributed by atoms with E-state index in [1.54, 1.807) is 0 Å². The van der Waals surface area contributed by atoms with Crippen LogP contribution < -0.4 is 37.7 Å². The van der Waals surface area contributed by atoms with Crippen molar-refractivity contribution in [2.45, 2.75) is 27.7 Å². The first-order valence-electron chi connectivity index (χ1n) is 3.62. The number of hydrogen-bond acceptors (Lipinski definition) is 1. The van der Waals surface area contributed by atoms with Gasteiger partial charge >= 0.3 is 54.8 Å². The summed E-state index contributed by atoms with van der Waals surface area (Å²) in [6.45, 7) is 19.9. The van der Waals surface area contributed by atoms with Crippen LogP contribution in [0.5, 0.6) is 0 Å². The summed E-state index contributed by atoms with van der Waals surface area (Å²) >= 11 is 0. The minimum atomic E-state index is 0. The maximum absolute atomic E-state index is 6.25. The van der Waals surface area contributed by atoms with Gasteiger partial charge in [0.25, 0.3) is 0 Å². The van der Waals surface area contributed by atoms with Gasteiger partial charge < -0.3 is 11.8 Å². The van der Waals surface area contributed by atoms with Gasteiger partial charge in [-0.05, 0) is 0 Å². The molecule has 0 rings (SSSR count). The predicted octanol–water partition coefficient (Wildman–Crippen LogP) is -2.32. The topological polar surface area (TPSA) is 23.8 Å². The number of allylic oxidation sites excluding steroid dienone is 4. The minimum Gasteiger partial charge on any atom is -0.512 e. The molecule has 0 radical (unpaired) electrons. The molecule has 0 aromatic rings. The molecule has 0 fully saturated rings. The zero-order valence-electron chi connectivity index (χ0n) is 10.8. The standard InChI is InChI=1S/2C5H9.CN.Cu.2Li/c2*1-4-5(2)3;1-2;;;/h2*4H,1H2,2-3H3;;;;/q3*-1;3*+1. The van der Waals surface area contributed by atoms with Gasteiger partial charge in [-0.2, -0.15) is 0 Å². The van der Waals surface area contributed by atoms with E-state index in [9.17, 15) is 0 Å². The average molecular weight is 242 g/mol. The average Bonchev–Trinajstić information content (AvgIpc) is 2.09. The third-order valence-electron chi connectivity index (χ3n) is 0.816. The summed E-state index contributed by atoms with van der Waals surface area (Å²) in [4.78, 5) is 0. The SMILES string of the molecule is [C-]#N.[CH2-]C=C(C)C.[CH2-]C=C(C)C.[Cu+].[Li+].[Li+]. The minimum absolute atomic E-state index is 0. The van der Waals surface area contributed by atoms with Crippen molar-refractivity contribution in [2.75, 3.05) is 0 Å². The molecule has 0 aliphatic heterocycles. The molecule has 0 N–H and O–H groups in total. The number of rotatable bonds is 0. The van der Waals surface area contributed by atoms with E-state index in [2.05, 4.69) is 13.8 Å². The summed E-state index contributed by atoms with van der Waals surface area (Å²) < 4.78 is 0. The molecule has 0 saturated carbocycles. The molecule has 0 atom stereocenters. The molecule has 0 heterocycles. The molecule has 0 spiro atoms. The largest absolute Gasteiger partial charge is 1.00 e. The van der Waals surface area contributed by atoms with E-state index in [-0.39, 0.29) is 54.8 Å². The molecular weight excluding hydrogens is 224 g/mol. The first-order valence-corrected chi connectivity index (χ1v) is 3.62. The Labute approximate surface area is 131 Å². The van der Waals surface area contributed by atoms with E-state index in [4.69, 9.17) is 11.8 Å². The van der Waals surface area contributed by atoms with Gasteiger partial charge in [0.1, 0.15) is 0 Å². The normalized spacial score (nSPS) is 4.67. The third kappa shape index (κ3) is 114. The van der Waals surface area contributed by atoms with Gasteiger partial charge in [-0.3, -0.25) is 0 Å². The van der Waals surface area contributed by atoms with Crippen LogP contribution in [0.2, 0.25) is 0 Å². The summed E-state index contributed by atoms with van der Waals surface area (Å²) in [5.74, 6) is 0. The summed E-state index contributed by atoms with van der Waals surface area (Å²) in [7, 11) is 0. The van der Waals surface area contributed by atoms with Gasteiger partial charge in [0.15, 0.2) is 0 Å². The van der Waals surface area contributed by atoms with Crippen LogP contribution in [-0.4, -0.2) is 0 Å². The molecule has 1 nitrogen and oxygen atoms in total. The Bertz CT molecular complexity index is 139. The zero-order chi connectivity index (χ0) is 10.6. The van der Waals surface area contributed by atoms with Crippen molar-refractivity contribution in [2.24, 2.45) is 0 Å². The Kier molecular flexibility index (Phi) is 88.2. The molecule has 0 aromatic heterocycles. The molecule has 4 heteroatoms. The Morgan fingerprint density at radius 3 is 0.933 bits per heavy atom. The fraction of sp³-hybridized carbons (Fsp3) is 0.364. The van der Waals surface area contributed by atoms with Crippen LogP contribution in [0.1, 0.15) is 27.7 Å². The van der Waals surface area contributed by atoms with Crippen molar-refractivity contribution in [1.82, 2.24) is 0 Å². The van der Waals surface area contributed by atoms with Gasteiger partial charge in [-0.25, -0.2) is 37.1 Å². The first kappa shape index (κ1) is 36.1. The summed E-state index contributed by atoms with van der Waals surface area (Å²) in [6.07, 6.45) is 3.67. The van der Waals surface area contributed by atoms with Crippen molar-refractivity contribution >= 4 is 0 Å². The van der Waals surface area contributed by atoms with E-state index in [0.29, 0.717) is 0 Å². The Morgan fingerprint density at radius 1 is 0.867 bits per heavy atom. The maximum Gasteiger partial charge on any atom is 1.00 e. The smallest absolute Gasteiger partial charge is 0.512 e. The summed E-state index contributed by atoms with van der Waals surface area (Å²) in [5, 5.41) is 6.25. The van der Waals surface area contributed by atoms with E-state index in [1.807, 2.05) is 39.8 Å². The van der Waals surface area contributed by atoms with Gasteiger partial charge in [0, 0.05) is 0 Å². The van der Waals surface area contributed by atoms with Gasteiger partial charge in [-0.15, -0.1) is 27.7 Å². The molecule has 80 valence electrons. The van der Waals surface area contributed by atoms with Crippen LogP contribution >= 0.6 is 0 Å². The third-order valence-corrected chi connectivity index (χ3v) is 0.816. The molecule has 0 saturated heterocycles. The quantitative estimate of drug-likeness (QED) is 0.345.